The molecule has 5 heteroatoms. The number of nitrogens with one attached hydrogen (secondary N) is 1. The lowest BCUT2D eigenvalue weighted by atomic mass is 10.1. The molecular weight excluding hydrogens is 274 g/mol. The Bertz CT molecular complexity index is 614. The quantitative estimate of drug-likeness (QED) is 0.938. The van der Waals surface area contributed by atoms with Gasteiger partial charge in [-0.1, -0.05) is 43.6 Å². The average Bonchev–Trinajstić information content (AvgIpc) is 2.41. The van der Waals surface area contributed by atoms with Gasteiger partial charge < -0.3 is 5.32 Å². The van der Waals surface area contributed by atoms with Crippen molar-refractivity contribution < 1.29 is 4.79 Å². The monoisotopic (exact) mass is 289 g/mol. The molecule has 0 unspecified atom stereocenters. The van der Waals surface area contributed by atoms with E-state index in [4.69, 9.17) is 11.6 Å². The molecule has 0 saturated carbocycles. The van der Waals surface area contributed by atoms with Crippen LogP contribution in [-0.4, -0.2) is 15.9 Å². The van der Waals surface area contributed by atoms with Gasteiger partial charge >= 0.3 is 0 Å². The molecule has 0 aliphatic rings. The molecule has 0 saturated heterocycles. The van der Waals surface area contributed by atoms with Gasteiger partial charge in [0, 0.05) is 16.8 Å². The van der Waals surface area contributed by atoms with Crippen LogP contribution in [0.5, 0.6) is 0 Å². The molecule has 1 aromatic carbocycles. The zero-order valence-corrected chi connectivity index (χ0v) is 12.2. The Balaban J connectivity index is 2.11. The second kappa shape index (κ2) is 6.48. The molecule has 1 amide bonds. The first-order valence-electron chi connectivity index (χ1n) is 6.41. The number of benzene rings is 1. The van der Waals surface area contributed by atoms with Crippen LogP contribution >= 0.6 is 11.6 Å². The molecule has 0 atom stereocenters. The highest BCUT2D eigenvalue weighted by Crippen LogP contribution is 2.21. The van der Waals surface area contributed by atoms with E-state index >= 15 is 0 Å². The molecule has 4 nitrogen and oxygen atoms in total. The van der Waals surface area contributed by atoms with Crippen LogP contribution in [0.2, 0.25) is 5.02 Å². The van der Waals surface area contributed by atoms with Gasteiger partial charge in [-0.15, -0.1) is 0 Å². The van der Waals surface area contributed by atoms with Crippen molar-refractivity contribution in [3.8, 4) is 0 Å². The summed E-state index contributed by atoms with van der Waals surface area (Å²) in [5, 5.41) is 3.41. The molecule has 0 fully saturated rings. The van der Waals surface area contributed by atoms with Crippen molar-refractivity contribution in [2.24, 2.45) is 0 Å². The molecule has 0 aliphatic heterocycles. The van der Waals surface area contributed by atoms with Gasteiger partial charge in [-0.2, -0.15) is 0 Å². The fraction of sp³-hybridized carbons (Fsp3) is 0.267. The van der Waals surface area contributed by atoms with E-state index in [2.05, 4.69) is 15.3 Å². The molecule has 20 heavy (non-hydrogen) atoms. The van der Waals surface area contributed by atoms with E-state index in [1.54, 1.807) is 12.3 Å². The third-order valence-electron chi connectivity index (χ3n) is 2.93. The van der Waals surface area contributed by atoms with E-state index < -0.39 is 0 Å². The minimum Gasteiger partial charge on any atom is -0.310 e. The molecule has 0 radical (unpaired) electrons. The Kier molecular flexibility index (Phi) is 4.69. The second-order valence-electron chi connectivity index (χ2n) is 4.80. The smallest absolute Gasteiger partial charge is 0.230 e. The van der Waals surface area contributed by atoms with E-state index in [1.807, 2.05) is 32.0 Å². The average molecular weight is 290 g/mol. The minimum absolute atomic E-state index is 0.140. The molecule has 1 aromatic heterocycles. The fourth-order valence-electron chi connectivity index (χ4n) is 1.86. The van der Waals surface area contributed by atoms with Crippen molar-refractivity contribution in [3.05, 3.63) is 52.9 Å². The molecule has 0 aliphatic carbocycles. The van der Waals surface area contributed by atoms with Crippen LogP contribution in [0.25, 0.3) is 0 Å². The number of hydrogen-bond acceptors (Lipinski definition) is 3. The standard InChI is InChI=1S/C15H16ClN3O/c1-10(2)12-8-17-9-18-15(12)19-14(20)7-11-5-3-4-6-13(11)16/h3-6,8-10H,7H2,1-2H3,(H,17,18,19,20). The molecule has 2 aromatic rings. The van der Waals surface area contributed by atoms with Gasteiger partial charge in [-0.25, -0.2) is 9.97 Å². The van der Waals surface area contributed by atoms with Crippen molar-refractivity contribution in [2.45, 2.75) is 26.2 Å². The summed E-state index contributed by atoms with van der Waals surface area (Å²) in [6.45, 7) is 4.06. The second-order valence-corrected chi connectivity index (χ2v) is 5.20. The molecule has 2 rings (SSSR count). The number of amides is 1. The number of carbonyl (C=O) groups is 1. The van der Waals surface area contributed by atoms with E-state index in [-0.39, 0.29) is 18.2 Å². The summed E-state index contributed by atoms with van der Waals surface area (Å²) in [5.74, 6) is 0.664. The van der Waals surface area contributed by atoms with Crippen LogP contribution in [0.4, 0.5) is 5.82 Å². The molecular formula is C15H16ClN3O. The number of nitrogens with zero attached hydrogens (tertiary/aromatic N) is 2. The third-order valence-corrected chi connectivity index (χ3v) is 3.30. The summed E-state index contributed by atoms with van der Waals surface area (Å²) in [7, 11) is 0. The highest BCUT2D eigenvalue weighted by molar-refractivity contribution is 6.31. The van der Waals surface area contributed by atoms with Crippen LogP contribution in [0.3, 0.4) is 0 Å². The molecule has 0 spiro atoms. The number of aromatic nitrogens is 2. The highest BCUT2D eigenvalue weighted by Gasteiger charge is 2.12. The maximum absolute atomic E-state index is 12.1. The van der Waals surface area contributed by atoms with Gasteiger partial charge in [0.15, 0.2) is 0 Å². The number of hydrogen-bond donors (Lipinski definition) is 1. The summed E-state index contributed by atoms with van der Waals surface area (Å²) in [5.41, 5.74) is 1.71. The van der Waals surface area contributed by atoms with Crippen LogP contribution in [0, 0.1) is 0 Å². The Morgan fingerprint density at radius 1 is 1.35 bits per heavy atom. The van der Waals surface area contributed by atoms with Gasteiger partial charge in [0.25, 0.3) is 0 Å². The predicted molar refractivity (Wildman–Crippen MR) is 79.9 cm³/mol. The summed E-state index contributed by atoms with van der Waals surface area (Å²) >= 11 is 6.05. The number of rotatable bonds is 4. The Morgan fingerprint density at radius 3 is 2.80 bits per heavy atom. The van der Waals surface area contributed by atoms with Crippen LogP contribution in [-0.2, 0) is 11.2 Å². The Labute approximate surface area is 123 Å². The van der Waals surface area contributed by atoms with E-state index in [1.165, 1.54) is 6.33 Å². The van der Waals surface area contributed by atoms with Gasteiger partial charge in [0.1, 0.15) is 12.1 Å². The zero-order chi connectivity index (χ0) is 14.5. The molecule has 1 heterocycles. The van der Waals surface area contributed by atoms with E-state index in [0.717, 1.165) is 11.1 Å². The van der Waals surface area contributed by atoms with Crippen molar-refractivity contribution >= 4 is 23.3 Å². The van der Waals surface area contributed by atoms with Gasteiger partial charge in [0.05, 0.1) is 6.42 Å². The van der Waals surface area contributed by atoms with Crippen molar-refractivity contribution in [3.63, 3.8) is 0 Å². The van der Waals surface area contributed by atoms with Crippen LogP contribution in [0.15, 0.2) is 36.8 Å². The summed E-state index contributed by atoms with van der Waals surface area (Å²) in [4.78, 5) is 20.2. The largest absolute Gasteiger partial charge is 0.310 e. The molecule has 104 valence electrons. The van der Waals surface area contributed by atoms with Crippen molar-refractivity contribution in [1.29, 1.82) is 0 Å². The number of halogens is 1. The summed E-state index contributed by atoms with van der Waals surface area (Å²) in [6.07, 6.45) is 3.38. The first kappa shape index (κ1) is 14.5. The normalized spacial score (nSPS) is 10.6. The maximum Gasteiger partial charge on any atom is 0.230 e. The predicted octanol–water partition coefficient (Wildman–Crippen LogP) is 3.43. The van der Waals surface area contributed by atoms with Crippen molar-refractivity contribution in [2.75, 3.05) is 5.32 Å². The number of carbonyl (C=O) groups excluding carboxylic acids is 1. The summed E-state index contributed by atoms with van der Waals surface area (Å²) in [6, 6.07) is 7.31. The van der Waals surface area contributed by atoms with E-state index in [0.29, 0.717) is 10.8 Å². The first-order chi connectivity index (χ1) is 9.58. The highest BCUT2D eigenvalue weighted by atomic mass is 35.5. The Hall–Kier alpha value is -1.94. The molecule has 0 bridgehead atoms. The van der Waals surface area contributed by atoms with Gasteiger partial charge in [-0.05, 0) is 17.5 Å². The zero-order valence-electron chi connectivity index (χ0n) is 11.4. The maximum atomic E-state index is 12.1. The van der Waals surface area contributed by atoms with Gasteiger partial charge in [0.2, 0.25) is 5.91 Å². The topological polar surface area (TPSA) is 54.9 Å². The van der Waals surface area contributed by atoms with Crippen molar-refractivity contribution in [1.82, 2.24) is 9.97 Å². The summed E-state index contributed by atoms with van der Waals surface area (Å²) < 4.78 is 0. The lowest BCUT2D eigenvalue weighted by Gasteiger charge is -2.12. The Morgan fingerprint density at radius 2 is 2.10 bits per heavy atom. The molecule has 1 N–H and O–H groups in total. The lowest BCUT2D eigenvalue weighted by molar-refractivity contribution is -0.115. The third kappa shape index (κ3) is 3.54. The SMILES string of the molecule is CC(C)c1cncnc1NC(=O)Cc1ccccc1Cl. The van der Waals surface area contributed by atoms with E-state index in [9.17, 15) is 4.79 Å². The van der Waals surface area contributed by atoms with Crippen LogP contribution < -0.4 is 5.32 Å². The lowest BCUT2D eigenvalue weighted by Crippen LogP contribution is -2.17. The fourth-order valence-corrected chi connectivity index (χ4v) is 2.06. The number of anilines is 1. The first-order valence-corrected chi connectivity index (χ1v) is 6.79. The van der Waals surface area contributed by atoms with Gasteiger partial charge in [-0.3, -0.25) is 4.79 Å². The minimum atomic E-state index is -0.140. The van der Waals surface area contributed by atoms with Crippen LogP contribution in [0.1, 0.15) is 30.9 Å².